The highest BCUT2D eigenvalue weighted by atomic mass is 15.2. The van der Waals surface area contributed by atoms with Crippen LogP contribution in [0.5, 0.6) is 0 Å². The summed E-state index contributed by atoms with van der Waals surface area (Å²) in [6, 6.07) is 0. The molecular weight excluding hydrogens is 76.1 g/mol. The third-order valence-electron chi connectivity index (χ3n) is 0.471. The lowest BCUT2D eigenvalue weighted by Gasteiger charge is -1.82. The fraction of sp³-hybridized carbons (Fsp3) is 0.500. The van der Waals surface area contributed by atoms with Gasteiger partial charge in [0.1, 0.15) is 0 Å². The molecule has 0 bridgehead atoms. The van der Waals surface area contributed by atoms with Crippen LogP contribution in [-0.2, 0) is 0 Å². The van der Waals surface area contributed by atoms with Crippen molar-refractivity contribution in [1.82, 2.24) is 5.43 Å². The van der Waals surface area contributed by atoms with Crippen LogP contribution in [0.1, 0.15) is 6.92 Å². The largest absolute Gasteiger partial charge is 0.271 e. The van der Waals surface area contributed by atoms with Crippen LogP contribution in [-0.4, -0.2) is 6.54 Å². The third kappa shape index (κ3) is 3.66. The first-order chi connectivity index (χ1) is 2.91. The molecular formula is C4H10N2. The maximum atomic E-state index is 4.91. The molecule has 0 unspecified atom stereocenters. The molecule has 0 aromatic carbocycles. The van der Waals surface area contributed by atoms with Crippen molar-refractivity contribution in [3.63, 3.8) is 0 Å². The molecule has 36 valence electrons. The number of rotatable bonds is 2. The van der Waals surface area contributed by atoms with Crippen LogP contribution < -0.4 is 11.3 Å². The molecule has 0 aliphatic rings. The molecule has 0 aliphatic carbocycles. The van der Waals surface area contributed by atoms with Crippen LogP contribution in [0.15, 0.2) is 12.2 Å². The van der Waals surface area contributed by atoms with Crippen LogP contribution >= 0.6 is 0 Å². The van der Waals surface area contributed by atoms with E-state index in [4.69, 9.17) is 5.84 Å². The molecule has 0 spiro atoms. The molecule has 3 N–H and O–H groups in total. The van der Waals surface area contributed by atoms with Crippen LogP contribution in [0, 0.1) is 0 Å². The predicted octanol–water partition coefficient (Wildman–Crippen LogP) is 0.0258. The second-order valence-electron chi connectivity index (χ2n) is 0.977. The Balaban J connectivity index is 2.66. The Bertz CT molecular complexity index is 40.8. The molecule has 0 fully saturated rings. The van der Waals surface area contributed by atoms with E-state index in [9.17, 15) is 0 Å². The maximum Gasteiger partial charge on any atom is 0.0278 e. The first-order valence-corrected chi connectivity index (χ1v) is 1.96. The van der Waals surface area contributed by atoms with Gasteiger partial charge in [-0.2, -0.15) is 0 Å². The molecule has 0 rings (SSSR count). The summed E-state index contributed by atoms with van der Waals surface area (Å²) in [6.45, 7) is 2.72. The second kappa shape index (κ2) is 4.66. The lowest BCUT2D eigenvalue weighted by Crippen LogP contribution is -2.21. The Kier molecular flexibility index (Phi) is 4.40. The summed E-state index contributed by atoms with van der Waals surface area (Å²) in [7, 11) is 0. The fourth-order valence-corrected chi connectivity index (χ4v) is 0.186. The Morgan fingerprint density at radius 2 is 2.50 bits per heavy atom. The molecule has 0 aromatic heterocycles. The van der Waals surface area contributed by atoms with E-state index in [2.05, 4.69) is 5.43 Å². The van der Waals surface area contributed by atoms with E-state index in [0.29, 0.717) is 0 Å². The molecule has 0 atom stereocenters. The molecule has 0 aromatic rings. The van der Waals surface area contributed by atoms with Crippen LogP contribution in [0.4, 0.5) is 0 Å². The van der Waals surface area contributed by atoms with Crippen molar-refractivity contribution >= 4 is 0 Å². The lowest BCUT2D eigenvalue weighted by atomic mass is 10.5. The molecule has 0 aliphatic heterocycles. The highest BCUT2D eigenvalue weighted by Gasteiger charge is 1.61. The monoisotopic (exact) mass is 86.1 g/mol. The van der Waals surface area contributed by atoms with E-state index in [-0.39, 0.29) is 0 Å². The van der Waals surface area contributed by atoms with E-state index in [1.807, 2.05) is 19.1 Å². The number of hydrogen-bond acceptors (Lipinski definition) is 2. The Labute approximate surface area is 38.0 Å². The summed E-state index contributed by atoms with van der Waals surface area (Å²) < 4.78 is 0. The quantitative estimate of drug-likeness (QED) is 0.282. The number of hydrogen-bond donors (Lipinski definition) is 2. The van der Waals surface area contributed by atoms with E-state index in [0.717, 1.165) is 6.54 Å². The molecule has 2 nitrogen and oxygen atoms in total. The van der Waals surface area contributed by atoms with Crippen molar-refractivity contribution < 1.29 is 0 Å². The highest BCUT2D eigenvalue weighted by molar-refractivity contribution is 4.77. The van der Waals surface area contributed by atoms with Crippen LogP contribution in [0.3, 0.4) is 0 Å². The summed E-state index contributed by atoms with van der Waals surface area (Å²) in [5.41, 5.74) is 2.48. The van der Waals surface area contributed by atoms with E-state index in [1.54, 1.807) is 0 Å². The molecule has 0 saturated carbocycles. The van der Waals surface area contributed by atoms with Gasteiger partial charge in [0.25, 0.3) is 0 Å². The van der Waals surface area contributed by atoms with Gasteiger partial charge in [0.2, 0.25) is 0 Å². The smallest absolute Gasteiger partial charge is 0.0278 e. The number of allylic oxidation sites excluding steroid dienone is 1. The van der Waals surface area contributed by atoms with Crippen molar-refractivity contribution in [3.8, 4) is 0 Å². The zero-order valence-electron chi connectivity index (χ0n) is 3.94. The first-order valence-electron chi connectivity index (χ1n) is 1.96. The summed E-state index contributed by atoms with van der Waals surface area (Å²) >= 11 is 0. The van der Waals surface area contributed by atoms with E-state index >= 15 is 0 Å². The molecule has 0 amide bonds. The average Bonchev–Trinajstić information content (AvgIpc) is 1.61. The average molecular weight is 86.1 g/mol. The summed E-state index contributed by atoms with van der Waals surface area (Å²) in [5.74, 6) is 4.91. The molecule has 0 radical (unpaired) electrons. The topological polar surface area (TPSA) is 38.0 Å². The molecule has 0 heterocycles. The molecule has 6 heavy (non-hydrogen) atoms. The van der Waals surface area contributed by atoms with Gasteiger partial charge in [-0.3, -0.25) is 11.3 Å². The SMILES string of the molecule is C/C=C/CNN. The molecule has 0 saturated heterocycles. The van der Waals surface area contributed by atoms with Gasteiger partial charge in [0.05, 0.1) is 0 Å². The van der Waals surface area contributed by atoms with Crippen molar-refractivity contribution in [2.45, 2.75) is 6.92 Å². The minimum Gasteiger partial charge on any atom is -0.271 e. The van der Waals surface area contributed by atoms with Gasteiger partial charge in [-0.15, -0.1) is 0 Å². The van der Waals surface area contributed by atoms with Gasteiger partial charge in [0, 0.05) is 6.54 Å². The van der Waals surface area contributed by atoms with Crippen molar-refractivity contribution in [2.24, 2.45) is 5.84 Å². The van der Waals surface area contributed by atoms with Gasteiger partial charge in [-0.25, -0.2) is 0 Å². The number of nitrogens with two attached hydrogens (primary N) is 1. The van der Waals surface area contributed by atoms with Gasteiger partial charge in [-0.05, 0) is 6.92 Å². The summed E-state index contributed by atoms with van der Waals surface area (Å²) in [4.78, 5) is 0. The van der Waals surface area contributed by atoms with Crippen molar-refractivity contribution in [3.05, 3.63) is 12.2 Å². The van der Waals surface area contributed by atoms with Gasteiger partial charge >= 0.3 is 0 Å². The van der Waals surface area contributed by atoms with E-state index < -0.39 is 0 Å². The normalized spacial score (nSPS) is 10.3. The standard InChI is InChI=1S/C4H10N2/c1-2-3-4-6-5/h2-3,6H,4-5H2,1H3/b3-2+. The fourth-order valence-electron chi connectivity index (χ4n) is 0.186. The van der Waals surface area contributed by atoms with Crippen LogP contribution in [0.2, 0.25) is 0 Å². The Morgan fingerprint density at radius 3 is 2.67 bits per heavy atom. The summed E-state index contributed by atoms with van der Waals surface area (Å²) in [5, 5.41) is 0. The zero-order valence-corrected chi connectivity index (χ0v) is 3.94. The Morgan fingerprint density at radius 1 is 1.83 bits per heavy atom. The highest BCUT2D eigenvalue weighted by Crippen LogP contribution is 1.60. The van der Waals surface area contributed by atoms with Crippen molar-refractivity contribution in [1.29, 1.82) is 0 Å². The zero-order chi connectivity index (χ0) is 4.83. The maximum absolute atomic E-state index is 4.91. The van der Waals surface area contributed by atoms with E-state index in [1.165, 1.54) is 0 Å². The molecule has 2 heteroatoms. The first kappa shape index (κ1) is 5.66. The minimum atomic E-state index is 0.760. The predicted molar refractivity (Wildman–Crippen MR) is 27.0 cm³/mol. The van der Waals surface area contributed by atoms with Gasteiger partial charge in [-0.1, -0.05) is 12.2 Å². The number of nitrogens with one attached hydrogen (secondary N) is 1. The lowest BCUT2D eigenvalue weighted by molar-refractivity contribution is 0.823. The minimum absolute atomic E-state index is 0.760. The van der Waals surface area contributed by atoms with Crippen molar-refractivity contribution in [2.75, 3.05) is 6.54 Å². The van der Waals surface area contributed by atoms with Gasteiger partial charge in [0.15, 0.2) is 0 Å². The Hall–Kier alpha value is -0.340. The third-order valence-corrected chi connectivity index (χ3v) is 0.471. The number of hydrazine groups is 1. The second-order valence-corrected chi connectivity index (χ2v) is 0.977. The van der Waals surface area contributed by atoms with Crippen LogP contribution in [0.25, 0.3) is 0 Å². The summed E-state index contributed by atoms with van der Waals surface area (Å²) in [6.07, 6.45) is 3.89. The van der Waals surface area contributed by atoms with Gasteiger partial charge < -0.3 is 0 Å².